The standard InChI is InChI=1S/C24H20F4N4OS/c25-17-8-6-16(7-9-17)15-30-10-12-31(13-11-30)22(33)20-14-19-21(24(26,27)28)29-32(23(19)34-20)18-4-2-1-3-5-18/h1-9,14H,10-13,15H2. The van der Waals surface area contributed by atoms with E-state index >= 15 is 0 Å². The van der Waals surface area contributed by atoms with Crippen LogP contribution >= 0.6 is 11.3 Å². The van der Waals surface area contributed by atoms with Gasteiger partial charge in [-0.2, -0.15) is 18.3 Å². The fourth-order valence-electron chi connectivity index (χ4n) is 4.08. The molecular formula is C24H20F4N4OS. The third kappa shape index (κ3) is 4.43. The van der Waals surface area contributed by atoms with Crippen molar-refractivity contribution in [1.29, 1.82) is 0 Å². The van der Waals surface area contributed by atoms with Crippen molar-refractivity contribution in [2.24, 2.45) is 0 Å². The zero-order valence-electron chi connectivity index (χ0n) is 17.9. The first kappa shape index (κ1) is 22.5. The van der Waals surface area contributed by atoms with Crippen molar-refractivity contribution in [2.75, 3.05) is 26.2 Å². The fourth-order valence-corrected chi connectivity index (χ4v) is 5.18. The molecular weight excluding hydrogens is 468 g/mol. The van der Waals surface area contributed by atoms with Crippen LogP contribution < -0.4 is 0 Å². The number of hydrogen-bond donors (Lipinski definition) is 0. The summed E-state index contributed by atoms with van der Waals surface area (Å²) in [5, 5.41) is 3.74. The Bertz CT molecular complexity index is 1310. The molecule has 4 aromatic rings. The fraction of sp³-hybridized carbons (Fsp3) is 0.250. The van der Waals surface area contributed by atoms with E-state index in [0.29, 0.717) is 38.4 Å². The predicted molar refractivity (Wildman–Crippen MR) is 122 cm³/mol. The second-order valence-electron chi connectivity index (χ2n) is 8.12. The van der Waals surface area contributed by atoms with Gasteiger partial charge < -0.3 is 4.90 Å². The number of nitrogens with zero attached hydrogens (tertiary/aromatic N) is 4. The molecule has 0 spiro atoms. The maximum Gasteiger partial charge on any atom is 0.435 e. The highest BCUT2D eigenvalue weighted by molar-refractivity contribution is 7.20. The van der Waals surface area contributed by atoms with E-state index in [4.69, 9.17) is 0 Å². The molecule has 1 aliphatic rings. The van der Waals surface area contributed by atoms with Gasteiger partial charge in [-0.1, -0.05) is 30.3 Å². The van der Waals surface area contributed by atoms with Crippen LogP contribution in [0.25, 0.3) is 15.9 Å². The number of aromatic nitrogens is 2. The number of piperazine rings is 1. The Kier molecular flexibility index (Phi) is 5.86. The van der Waals surface area contributed by atoms with E-state index < -0.39 is 11.9 Å². The summed E-state index contributed by atoms with van der Waals surface area (Å²) < 4.78 is 55.3. The Morgan fingerprint density at radius 3 is 2.29 bits per heavy atom. The molecule has 5 rings (SSSR count). The second-order valence-corrected chi connectivity index (χ2v) is 9.15. The van der Waals surface area contributed by atoms with Gasteiger partial charge in [0.2, 0.25) is 0 Å². The third-order valence-electron chi connectivity index (χ3n) is 5.82. The van der Waals surface area contributed by atoms with Crippen molar-refractivity contribution in [3.8, 4) is 5.69 Å². The normalized spacial score (nSPS) is 15.2. The number of hydrogen-bond acceptors (Lipinski definition) is 4. The monoisotopic (exact) mass is 488 g/mol. The molecule has 1 amide bonds. The number of alkyl halides is 3. The van der Waals surface area contributed by atoms with Crippen LogP contribution in [0.4, 0.5) is 17.6 Å². The first-order chi connectivity index (χ1) is 16.3. The summed E-state index contributed by atoms with van der Waals surface area (Å²) in [7, 11) is 0. The Balaban J connectivity index is 1.36. The summed E-state index contributed by atoms with van der Waals surface area (Å²) in [5.74, 6) is -0.568. The SMILES string of the molecule is O=C(c1cc2c(C(F)(F)F)nn(-c3ccccc3)c2s1)N1CCN(Cc2ccc(F)cc2)CC1. The average molecular weight is 489 g/mol. The molecule has 10 heteroatoms. The number of carbonyl (C=O) groups is 1. The van der Waals surface area contributed by atoms with Gasteiger partial charge in [0.1, 0.15) is 10.6 Å². The molecule has 1 saturated heterocycles. The van der Waals surface area contributed by atoms with Crippen molar-refractivity contribution in [3.63, 3.8) is 0 Å². The van der Waals surface area contributed by atoms with Crippen LogP contribution in [0.3, 0.4) is 0 Å². The number of carbonyl (C=O) groups excluding carboxylic acids is 1. The van der Waals surface area contributed by atoms with Gasteiger partial charge in [0.25, 0.3) is 5.91 Å². The molecule has 0 atom stereocenters. The third-order valence-corrected chi connectivity index (χ3v) is 6.92. The van der Waals surface area contributed by atoms with E-state index in [1.165, 1.54) is 22.9 Å². The second kappa shape index (κ2) is 8.84. The van der Waals surface area contributed by atoms with Crippen LogP contribution in [-0.4, -0.2) is 51.7 Å². The molecule has 0 saturated carbocycles. The van der Waals surface area contributed by atoms with Gasteiger partial charge in [0.15, 0.2) is 5.69 Å². The summed E-state index contributed by atoms with van der Waals surface area (Å²) in [5.41, 5.74) is 0.486. The molecule has 0 aliphatic carbocycles. The van der Waals surface area contributed by atoms with Crippen LogP contribution in [0.2, 0.25) is 0 Å². The van der Waals surface area contributed by atoms with Gasteiger partial charge in [-0.15, -0.1) is 11.3 Å². The van der Waals surface area contributed by atoms with Gasteiger partial charge >= 0.3 is 6.18 Å². The summed E-state index contributed by atoms with van der Waals surface area (Å²) >= 11 is 1.02. The predicted octanol–water partition coefficient (Wildman–Crippen LogP) is 5.20. The molecule has 34 heavy (non-hydrogen) atoms. The Morgan fingerprint density at radius 2 is 1.65 bits per heavy atom. The van der Waals surface area contributed by atoms with Crippen molar-refractivity contribution < 1.29 is 22.4 Å². The number of benzene rings is 2. The molecule has 5 nitrogen and oxygen atoms in total. The molecule has 1 fully saturated rings. The highest BCUT2D eigenvalue weighted by Crippen LogP contribution is 2.39. The van der Waals surface area contributed by atoms with Gasteiger partial charge in [0.05, 0.1) is 10.6 Å². The lowest BCUT2D eigenvalue weighted by atomic mass is 10.2. The zero-order chi connectivity index (χ0) is 23.9. The van der Waals surface area contributed by atoms with E-state index in [2.05, 4.69) is 10.00 Å². The zero-order valence-corrected chi connectivity index (χ0v) is 18.7. The molecule has 1 aliphatic heterocycles. The van der Waals surface area contributed by atoms with E-state index in [9.17, 15) is 22.4 Å². The lowest BCUT2D eigenvalue weighted by Crippen LogP contribution is -2.48. The maximum absolute atomic E-state index is 13.7. The average Bonchev–Trinajstić information content (AvgIpc) is 3.40. The van der Waals surface area contributed by atoms with Crippen molar-refractivity contribution in [2.45, 2.75) is 12.7 Å². The number of amides is 1. The molecule has 176 valence electrons. The smallest absolute Gasteiger partial charge is 0.335 e. The van der Waals surface area contributed by atoms with Crippen molar-refractivity contribution in [3.05, 3.63) is 82.6 Å². The molecule has 0 unspecified atom stereocenters. The molecule has 2 aromatic heterocycles. The first-order valence-electron chi connectivity index (χ1n) is 10.7. The summed E-state index contributed by atoms with van der Waals surface area (Å²) in [4.78, 5) is 17.5. The van der Waals surface area contributed by atoms with E-state index in [-0.39, 0.29) is 26.8 Å². The van der Waals surface area contributed by atoms with E-state index in [1.54, 1.807) is 47.4 Å². The Morgan fingerprint density at radius 1 is 0.971 bits per heavy atom. The van der Waals surface area contributed by atoms with Crippen molar-refractivity contribution >= 4 is 27.5 Å². The number of rotatable bonds is 4. The number of fused-ring (bicyclic) bond motifs is 1. The minimum atomic E-state index is -4.63. The van der Waals surface area contributed by atoms with E-state index in [1.807, 2.05) is 0 Å². The number of halogens is 4. The summed E-state index contributed by atoms with van der Waals surface area (Å²) in [6.45, 7) is 2.82. The highest BCUT2D eigenvalue weighted by atomic mass is 32.1. The maximum atomic E-state index is 13.7. The van der Waals surface area contributed by atoms with Gasteiger partial charge in [0, 0.05) is 38.1 Å². The van der Waals surface area contributed by atoms with Crippen LogP contribution in [-0.2, 0) is 12.7 Å². The minimum absolute atomic E-state index is 0.0698. The lowest BCUT2D eigenvalue weighted by molar-refractivity contribution is -0.140. The Labute approximate surface area is 196 Å². The summed E-state index contributed by atoms with van der Waals surface area (Å²) in [6.07, 6.45) is -4.63. The first-order valence-corrected chi connectivity index (χ1v) is 11.5. The quantitative estimate of drug-likeness (QED) is 0.371. The van der Waals surface area contributed by atoms with Crippen LogP contribution in [0.15, 0.2) is 60.7 Å². The molecule has 2 aromatic carbocycles. The number of para-hydroxylation sites is 1. The Hall–Kier alpha value is -3.24. The van der Waals surface area contributed by atoms with Gasteiger partial charge in [-0.25, -0.2) is 9.07 Å². The number of thiophene rings is 1. The van der Waals surface area contributed by atoms with Crippen LogP contribution in [0.5, 0.6) is 0 Å². The molecule has 0 bridgehead atoms. The summed E-state index contributed by atoms with van der Waals surface area (Å²) in [6, 6.07) is 16.2. The molecule has 3 heterocycles. The highest BCUT2D eigenvalue weighted by Gasteiger charge is 2.38. The van der Waals surface area contributed by atoms with E-state index in [0.717, 1.165) is 16.9 Å². The largest absolute Gasteiger partial charge is 0.435 e. The topological polar surface area (TPSA) is 41.4 Å². The van der Waals surface area contributed by atoms with Crippen molar-refractivity contribution in [1.82, 2.24) is 19.6 Å². The van der Waals surface area contributed by atoms with Crippen LogP contribution in [0, 0.1) is 5.82 Å². The molecule has 0 N–H and O–H groups in total. The minimum Gasteiger partial charge on any atom is -0.335 e. The van der Waals surface area contributed by atoms with Gasteiger partial charge in [-0.05, 0) is 35.9 Å². The lowest BCUT2D eigenvalue weighted by Gasteiger charge is -2.34. The van der Waals surface area contributed by atoms with Crippen LogP contribution in [0.1, 0.15) is 20.9 Å². The molecule has 0 radical (unpaired) electrons. The van der Waals surface area contributed by atoms with Gasteiger partial charge in [-0.3, -0.25) is 9.69 Å².